The van der Waals surface area contributed by atoms with Gasteiger partial charge in [0.05, 0.1) is 5.69 Å². The molecule has 9 heteroatoms. The van der Waals surface area contributed by atoms with Gasteiger partial charge in [0.15, 0.2) is 0 Å². The number of imidazole rings is 1. The van der Waals surface area contributed by atoms with Crippen molar-refractivity contribution in [1.29, 1.82) is 0 Å². The van der Waals surface area contributed by atoms with Gasteiger partial charge in [0.2, 0.25) is 0 Å². The number of rotatable bonds is 7. The molecule has 0 radical (unpaired) electrons. The Morgan fingerprint density at radius 3 is 2.32 bits per heavy atom. The average molecular weight is 447 g/mol. The monoisotopic (exact) mass is 446 g/mol. The summed E-state index contributed by atoms with van der Waals surface area (Å²) in [7, 11) is 0. The highest BCUT2D eigenvalue weighted by atomic mass is 19.4. The van der Waals surface area contributed by atoms with Gasteiger partial charge in [-0.15, -0.1) is 0 Å². The van der Waals surface area contributed by atoms with E-state index in [1.165, 1.54) is 12.8 Å². The first-order chi connectivity index (χ1) is 14.6. The summed E-state index contributed by atoms with van der Waals surface area (Å²) < 4.78 is 44.2. The van der Waals surface area contributed by atoms with Crippen LogP contribution in [0.15, 0.2) is 6.20 Å². The molecular weight excluding hydrogens is 409 g/mol. The van der Waals surface area contributed by atoms with Crippen LogP contribution < -0.4 is 5.32 Å². The highest BCUT2D eigenvalue weighted by Gasteiger charge is 2.28. The first-order valence-corrected chi connectivity index (χ1v) is 11.2. The number of aryl methyl sites for hydroxylation is 1. The van der Waals surface area contributed by atoms with Gasteiger partial charge in [0.1, 0.15) is 11.4 Å². The lowest BCUT2D eigenvalue weighted by Crippen LogP contribution is -2.29. The van der Waals surface area contributed by atoms with Crippen molar-refractivity contribution in [1.82, 2.24) is 19.8 Å². The molecule has 0 atom stereocenters. The van der Waals surface area contributed by atoms with Gasteiger partial charge in [0.25, 0.3) is 6.47 Å². The summed E-state index contributed by atoms with van der Waals surface area (Å²) in [6.07, 6.45) is 1.47. The van der Waals surface area contributed by atoms with Crippen molar-refractivity contribution in [2.45, 2.75) is 83.5 Å². The van der Waals surface area contributed by atoms with Crippen LogP contribution in [0.25, 0.3) is 0 Å². The Labute approximate surface area is 183 Å². The van der Waals surface area contributed by atoms with Crippen molar-refractivity contribution >= 4 is 6.47 Å². The van der Waals surface area contributed by atoms with Gasteiger partial charge in [-0.05, 0) is 79.1 Å². The van der Waals surface area contributed by atoms with Crippen LogP contribution in [0, 0.1) is 0 Å². The molecular formula is C22H37F3N4O2. The van der Waals surface area contributed by atoms with E-state index in [1.54, 1.807) is 0 Å². The van der Waals surface area contributed by atoms with Gasteiger partial charge in [0, 0.05) is 31.6 Å². The van der Waals surface area contributed by atoms with Crippen LogP contribution in [0.4, 0.5) is 13.2 Å². The van der Waals surface area contributed by atoms with E-state index in [2.05, 4.69) is 24.5 Å². The fraction of sp³-hybridized carbons (Fsp3) is 0.818. The van der Waals surface area contributed by atoms with E-state index < -0.39 is 12.6 Å². The van der Waals surface area contributed by atoms with E-state index in [-0.39, 0.29) is 12.0 Å². The van der Waals surface area contributed by atoms with Crippen LogP contribution in [-0.4, -0.2) is 65.4 Å². The number of carbonyl (C=O) groups is 1. The first-order valence-electron chi connectivity index (χ1n) is 11.2. The summed E-state index contributed by atoms with van der Waals surface area (Å²) in [5.41, 5.74) is 0.268. The maximum atomic E-state index is 12.5. The number of alkyl halides is 3. The van der Waals surface area contributed by atoms with Crippen LogP contribution in [0.1, 0.15) is 70.3 Å². The molecule has 3 heterocycles. The summed E-state index contributed by atoms with van der Waals surface area (Å²) >= 11 is 0. The topological polar surface area (TPSA) is 59.4 Å². The van der Waals surface area contributed by atoms with E-state index in [1.807, 2.05) is 27.0 Å². The Kier molecular flexibility index (Phi) is 9.81. The maximum absolute atomic E-state index is 12.5. The summed E-state index contributed by atoms with van der Waals surface area (Å²) in [5.74, 6) is 1.36. The van der Waals surface area contributed by atoms with Crippen LogP contribution in [0.2, 0.25) is 0 Å². The number of carbonyl (C=O) groups excluding carboxylic acids is 1. The molecule has 0 unspecified atom stereocenters. The third-order valence-corrected chi connectivity index (χ3v) is 5.48. The predicted molar refractivity (Wildman–Crippen MR) is 114 cm³/mol. The zero-order valence-electron chi connectivity index (χ0n) is 19.0. The second-order valence-corrected chi connectivity index (χ2v) is 9.30. The summed E-state index contributed by atoms with van der Waals surface area (Å²) in [6, 6.07) is 0. The highest BCUT2D eigenvalue weighted by Crippen LogP contribution is 2.27. The van der Waals surface area contributed by atoms with Gasteiger partial charge in [-0.1, -0.05) is 0 Å². The molecule has 0 aliphatic carbocycles. The molecule has 2 fully saturated rings. The van der Waals surface area contributed by atoms with Crippen LogP contribution in [0.3, 0.4) is 0 Å². The number of likely N-dealkylation sites (tertiary alicyclic amines) is 1. The number of hydrogen-bond donors (Lipinski definition) is 1. The summed E-state index contributed by atoms with van der Waals surface area (Å²) in [5, 5.41) is 3.34. The second-order valence-electron chi connectivity index (χ2n) is 9.30. The predicted octanol–water partition coefficient (Wildman–Crippen LogP) is 3.90. The molecule has 0 amide bonds. The molecule has 3 rings (SSSR count). The van der Waals surface area contributed by atoms with Crippen molar-refractivity contribution in [2.24, 2.45) is 0 Å². The largest absolute Gasteiger partial charge is 0.462 e. The number of halogens is 3. The number of nitrogens with one attached hydrogen (secondary N) is 1. The maximum Gasteiger partial charge on any atom is 0.389 e. The molecule has 31 heavy (non-hydrogen) atoms. The number of hydrogen-bond acceptors (Lipinski definition) is 5. The van der Waals surface area contributed by atoms with Gasteiger partial charge in [-0.3, -0.25) is 4.79 Å². The normalized spacial score (nSPS) is 18.5. The van der Waals surface area contributed by atoms with Crippen molar-refractivity contribution in [3.8, 4) is 0 Å². The molecule has 0 bridgehead atoms. The Balaban J connectivity index is 0.000000423. The fourth-order valence-electron chi connectivity index (χ4n) is 3.86. The molecule has 178 valence electrons. The molecule has 1 aromatic rings. The van der Waals surface area contributed by atoms with E-state index in [0.29, 0.717) is 18.1 Å². The lowest BCUT2D eigenvalue weighted by Gasteiger charge is -2.24. The Hall–Kier alpha value is -1.61. The zero-order chi connectivity index (χ0) is 22.9. The van der Waals surface area contributed by atoms with Crippen LogP contribution >= 0.6 is 0 Å². The van der Waals surface area contributed by atoms with Crippen molar-refractivity contribution in [3.05, 3.63) is 17.7 Å². The molecule has 1 aromatic heterocycles. The van der Waals surface area contributed by atoms with E-state index in [9.17, 15) is 18.0 Å². The SMILES string of the molecule is CC(C)(C)OC=O.FC(F)(F)CCc1cn(CCN2CCCC2)c(C2CCNCC2)n1. The standard InChI is InChI=1S/C17H27F3N4.C5H10O2/c18-17(19,20)6-3-15-13-24(12-11-23-9-1-2-10-23)16(22-15)14-4-7-21-8-5-14;1-5(2,3)7-4-6/h13-14,21H,1-12H2;4H,1-3H3. The molecule has 2 saturated heterocycles. The summed E-state index contributed by atoms with van der Waals surface area (Å²) in [6.45, 7) is 11.9. The van der Waals surface area contributed by atoms with Crippen molar-refractivity contribution < 1.29 is 22.7 Å². The second kappa shape index (κ2) is 11.9. The van der Waals surface area contributed by atoms with Crippen molar-refractivity contribution in [2.75, 3.05) is 32.7 Å². The van der Waals surface area contributed by atoms with Gasteiger partial charge >= 0.3 is 6.18 Å². The molecule has 2 aliphatic heterocycles. The Bertz CT molecular complexity index is 659. The molecule has 0 spiro atoms. The molecule has 1 N–H and O–H groups in total. The quantitative estimate of drug-likeness (QED) is 0.644. The minimum Gasteiger partial charge on any atom is -0.462 e. The number of nitrogens with zero attached hydrogens (tertiary/aromatic N) is 3. The van der Waals surface area contributed by atoms with E-state index in [4.69, 9.17) is 0 Å². The molecule has 0 aromatic carbocycles. The molecule has 2 aliphatic rings. The minimum absolute atomic E-state index is 0.0157. The minimum atomic E-state index is -4.12. The molecule has 0 saturated carbocycles. The van der Waals surface area contributed by atoms with Crippen LogP contribution in [-0.2, 0) is 22.5 Å². The fourth-order valence-corrected chi connectivity index (χ4v) is 3.86. The Morgan fingerprint density at radius 2 is 1.81 bits per heavy atom. The smallest absolute Gasteiger partial charge is 0.389 e. The average Bonchev–Trinajstić information content (AvgIpc) is 3.34. The lowest BCUT2D eigenvalue weighted by atomic mass is 9.97. The Morgan fingerprint density at radius 1 is 1.16 bits per heavy atom. The summed E-state index contributed by atoms with van der Waals surface area (Å²) in [4.78, 5) is 16.6. The van der Waals surface area contributed by atoms with E-state index in [0.717, 1.165) is 57.9 Å². The highest BCUT2D eigenvalue weighted by molar-refractivity contribution is 5.37. The van der Waals surface area contributed by atoms with Gasteiger partial charge in [-0.25, -0.2) is 4.98 Å². The van der Waals surface area contributed by atoms with Gasteiger partial charge < -0.3 is 19.5 Å². The number of aromatic nitrogens is 2. The van der Waals surface area contributed by atoms with Crippen molar-refractivity contribution in [3.63, 3.8) is 0 Å². The first kappa shape index (κ1) is 25.6. The van der Waals surface area contributed by atoms with Gasteiger partial charge in [-0.2, -0.15) is 13.2 Å². The number of ether oxygens (including phenoxy) is 1. The van der Waals surface area contributed by atoms with E-state index >= 15 is 0 Å². The molecule has 6 nitrogen and oxygen atoms in total. The number of piperidine rings is 1. The lowest BCUT2D eigenvalue weighted by molar-refractivity contribution is -0.138. The van der Waals surface area contributed by atoms with Crippen LogP contribution in [0.5, 0.6) is 0 Å². The zero-order valence-corrected chi connectivity index (χ0v) is 19.0. The third-order valence-electron chi connectivity index (χ3n) is 5.48. The third kappa shape index (κ3) is 10.0.